The minimum atomic E-state index is 1.21. The van der Waals surface area contributed by atoms with E-state index in [9.17, 15) is 0 Å². The van der Waals surface area contributed by atoms with Gasteiger partial charge in [-0.1, -0.05) is 218 Å². The van der Waals surface area contributed by atoms with Crippen molar-refractivity contribution in [1.29, 1.82) is 0 Å². The van der Waals surface area contributed by atoms with Crippen LogP contribution in [0.3, 0.4) is 0 Å². The molecule has 0 saturated carbocycles. The van der Waals surface area contributed by atoms with E-state index in [0.717, 1.165) is 0 Å². The maximum Gasteiger partial charge on any atom is -0.0120 e. The van der Waals surface area contributed by atoms with Crippen LogP contribution in [0.5, 0.6) is 0 Å². The second-order valence-corrected chi connectivity index (χ2v) is 23.9. The van der Waals surface area contributed by atoms with Crippen molar-refractivity contribution in [3.63, 3.8) is 0 Å². The first-order valence-electron chi connectivity index (χ1n) is 29.9. The lowest BCUT2D eigenvalue weighted by atomic mass is 9.83. The predicted molar refractivity (Wildman–Crippen MR) is 362 cm³/mol. The van der Waals surface area contributed by atoms with E-state index in [2.05, 4.69) is 301 Å². The third-order valence-electron chi connectivity index (χ3n) is 19.6. The van der Waals surface area contributed by atoms with Crippen molar-refractivity contribution < 1.29 is 0 Å². The standard InChI is InChI=1S/C84H72/c1-49-50(2)80-52(4)51(3)79(49)73-37-25-67(26-38-73)61-13-15-63(16-14-61)69-29-41-75(42-30-69)81-53(5)55(7)83(56(8)54(81)6)77-45-33-71(34-46-77)65-21-23-66(24-22-65)72-35-47-78(48-36-72)84-59(11)57(9)82(58(10)60(84)12)76-43-31-70(32-44-76)64-19-17-62(18-20-64)68-27-39-74(80)40-28-68/h13-48H,1-12H3. The highest BCUT2D eigenvalue weighted by Gasteiger charge is 2.22. The highest BCUT2D eigenvalue weighted by molar-refractivity contribution is 5.89. The van der Waals surface area contributed by atoms with Crippen molar-refractivity contribution in [2.45, 2.75) is 83.1 Å². The van der Waals surface area contributed by atoms with Gasteiger partial charge in [0.1, 0.15) is 0 Å². The highest BCUT2D eigenvalue weighted by atomic mass is 14.3. The fourth-order valence-corrected chi connectivity index (χ4v) is 14.1. The van der Waals surface area contributed by atoms with Crippen LogP contribution in [0.25, 0.3) is 134 Å². The van der Waals surface area contributed by atoms with E-state index in [0.29, 0.717) is 0 Å². The molecule has 0 atom stereocenters. The molecule has 0 spiro atoms. The lowest BCUT2D eigenvalue weighted by molar-refractivity contribution is 1.25. The van der Waals surface area contributed by atoms with Crippen LogP contribution in [0.4, 0.5) is 0 Å². The summed E-state index contributed by atoms with van der Waals surface area (Å²) in [6, 6.07) is 82.3. The third-order valence-corrected chi connectivity index (χ3v) is 19.6. The number of benzene rings is 12. The fraction of sp³-hybridized carbons (Fsp3) is 0.143. The van der Waals surface area contributed by atoms with Gasteiger partial charge in [0.25, 0.3) is 0 Å². The van der Waals surface area contributed by atoms with E-state index >= 15 is 0 Å². The van der Waals surface area contributed by atoms with E-state index in [1.807, 2.05) is 0 Å². The van der Waals surface area contributed by atoms with E-state index < -0.39 is 0 Å². The van der Waals surface area contributed by atoms with Gasteiger partial charge in [-0.25, -0.2) is 0 Å². The normalized spacial score (nSPS) is 11.6. The van der Waals surface area contributed by atoms with Gasteiger partial charge in [0.05, 0.1) is 0 Å². The molecule has 0 amide bonds. The SMILES string of the molecule is Cc1c(C)c2c(C)c(C)c1-c1ccc(cc1)-c1ccc(cc1)-c1ccc(cc1)-c1c(C)c(C)c(c(C)c1C)-c1ccc(cc1)-c1ccc(cc1)-c1ccc(cc1)-c1c(C)c(C)c(c(C)c1C)-c1ccc(cc1)-c1ccc(cc1)-c1ccc-2cc1. The zero-order chi connectivity index (χ0) is 58.2. The van der Waals surface area contributed by atoms with E-state index in [1.54, 1.807) is 0 Å². The minimum Gasteiger partial charge on any atom is -0.0538 e. The first-order chi connectivity index (χ1) is 40.6. The molecule has 84 heavy (non-hydrogen) atoms. The van der Waals surface area contributed by atoms with Crippen LogP contribution in [0.1, 0.15) is 66.8 Å². The van der Waals surface area contributed by atoms with Crippen molar-refractivity contribution in [3.8, 4) is 134 Å². The average Bonchev–Trinajstić information content (AvgIpc) is 2.40. The Hall–Kier alpha value is -9.36. The summed E-state index contributed by atoms with van der Waals surface area (Å²) >= 11 is 0. The van der Waals surface area contributed by atoms with E-state index in [-0.39, 0.29) is 0 Å². The zero-order valence-electron chi connectivity index (χ0n) is 50.8. The van der Waals surface area contributed by atoms with Gasteiger partial charge in [0.2, 0.25) is 0 Å². The summed E-state index contributed by atoms with van der Waals surface area (Å²) < 4.78 is 0. The van der Waals surface area contributed by atoms with Gasteiger partial charge in [-0.3, -0.25) is 0 Å². The molecule has 0 fully saturated rings. The molecule has 12 aromatic rings. The van der Waals surface area contributed by atoms with Gasteiger partial charge >= 0.3 is 0 Å². The van der Waals surface area contributed by atoms with Gasteiger partial charge < -0.3 is 0 Å². The summed E-state index contributed by atoms with van der Waals surface area (Å²) in [5.74, 6) is 0. The molecule has 0 saturated heterocycles. The van der Waals surface area contributed by atoms with Crippen LogP contribution in [0.15, 0.2) is 218 Å². The largest absolute Gasteiger partial charge is 0.0538 e. The van der Waals surface area contributed by atoms with Crippen LogP contribution in [-0.2, 0) is 0 Å². The van der Waals surface area contributed by atoms with Gasteiger partial charge in [-0.2, -0.15) is 0 Å². The Labute approximate surface area is 498 Å². The summed E-state index contributed by atoms with van der Waals surface area (Å²) in [6.07, 6.45) is 0. The third kappa shape index (κ3) is 9.26. The molecule has 0 aliphatic heterocycles. The number of hydrogen-bond donors (Lipinski definition) is 0. The molecular weight excluding hydrogens is 1010 g/mol. The molecule has 34 aliphatic rings. The van der Waals surface area contributed by atoms with Crippen molar-refractivity contribution in [2.75, 3.05) is 0 Å². The summed E-state index contributed by atoms with van der Waals surface area (Å²) in [7, 11) is 0. The Morgan fingerprint density at radius 2 is 0.155 bits per heavy atom. The monoisotopic (exact) mass is 1080 g/mol. The Bertz CT molecular complexity index is 3660. The molecule has 0 aromatic heterocycles. The van der Waals surface area contributed by atoms with Gasteiger partial charge in [0, 0.05) is 0 Å². The molecule has 24 bridgehead atoms. The first kappa shape index (κ1) is 53.9. The van der Waals surface area contributed by atoms with Crippen molar-refractivity contribution in [3.05, 3.63) is 285 Å². The maximum atomic E-state index is 2.31. The van der Waals surface area contributed by atoms with Crippen LogP contribution in [0, 0.1) is 83.1 Å². The Morgan fingerprint density at radius 1 is 0.0952 bits per heavy atom. The van der Waals surface area contributed by atoms with Gasteiger partial charge in [0.15, 0.2) is 0 Å². The smallest absolute Gasteiger partial charge is 0.0120 e. The second-order valence-electron chi connectivity index (χ2n) is 23.9. The van der Waals surface area contributed by atoms with E-state index in [4.69, 9.17) is 0 Å². The summed E-state index contributed by atoms with van der Waals surface area (Å²) in [5.41, 5.74) is 46.1. The minimum absolute atomic E-state index is 1.21. The van der Waals surface area contributed by atoms with Crippen LogP contribution in [-0.4, -0.2) is 0 Å². The molecule has 0 heteroatoms. The van der Waals surface area contributed by atoms with Gasteiger partial charge in [-0.15, -0.1) is 0 Å². The Morgan fingerprint density at radius 3 is 0.226 bits per heavy atom. The van der Waals surface area contributed by atoms with Crippen LogP contribution < -0.4 is 0 Å². The Balaban J connectivity index is 0.851. The maximum absolute atomic E-state index is 2.31. The molecular formula is C84H72. The quantitative estimate of drug-likeness (QED) is 0.142. The highest BCUT2D eigenvalue weighted by Crippen LogP contribution is 2.45. The topological polar surface area (TPSA) is 0 Å². The van der Waals surface area contributed by atoms with Crippen molar-refractivity contribution in [1.82, 2.24) is 0 Å². The second kappa shape index (κ2) is 21.4. The molecule has 0 unspecified atom stereocenters. The fourth-order valence-electron chi connectivity index (χ4n) is 14.1. The molecule has 0 nitrogen and oxygen atoms in total. The lowest BCUT2D eigenvalue weighted by Crippen LogP contribution is -2.00. The number of rotatable bonds is 0. The van der Waals surface area contributed by atoms with E-state index in [1.165, 1.54) is 200 Å². The zero-order valence-corrected chi connectivity index (χ0v) is 50.8. The van der Waals surface area contributed by atoms with Crippen LogP contribution >= 0.6 is 0 Å². The Kier molecular flexibility index (Phi) is 13.8. The summed E-state index contributed by atoms with van der Waals surface area (Å²) in [6.45, 7) is 27.6. The summed E-state index contributed by atoms with van der Waals surface area (Å²) in [4.78, 5) is 0. The molecule has 46 rings (SSSR count). The molecule has 408 valence electrons. The molecule has 0 radical (unpaired) electrons. The lowest BCUT2D eigenvalue weighted by Gasteiger charge is -2.22. The van der Waals surface area contributed by atoms with Crippen LogP contribution in [0.2, 0.25) is 0 Å². The summed E-state index contributed by atoms with van der Waals surface area (Å²) in [5, 5.41) is 0. The van der Waals surface area contributed by atoms with Gasteiger partial charge in [-0.05, 0) is 283 Å². The molecule has 34 aliphatic carbocycles. The molecule has 12 aromatic carbocycles. The molecule has 0 heterocycles. The average molecular weight is 1080 g/mol. The number of hydrogen-bond acceptors (Lipinski definition) is 0. The van der Waals surface area contributed by atoms with Crippen molar-refractivity contribution in [2.24, 2.45) is 0 Å². The molecule has 0 N–H and O–H groups in total. The predicted octanol–water partition coefficient (Wildman–Crippen LogP) is 23.7. The van der Waals surface area contributed by atoms with Crippen molar-refractivity contribution >= 4 is 0 Å². The first-order valence-corrected chi connectivity index (χ1v) is 29.9.